The summed E-state index contributed by atoms with van der Waals surface area (Å²) in [6, 6.07) is 9.39. The first kappa shape index (κ1) is 14.2. The molecule has 19 heavy (non-hydrogen) atoms. The summed E-state index contributed by atoms with van der Waals surface area (Å²) in [6.07, 6.45) is 5.26. The van der Waals surface area contributed by atoms with Crippen molar-refractivity contribution in [3.05, 3.63) is 52.0 Å². The van der Waals surface area contributed by atoms with Crippen molar-refractivity contribution in [2.24, 2.45) is 0 Å². The highest BCUT2D eigenvalue weighted by molar-refractivity contribution is 7.09. The molecule has 2 nitrogen and oxygen atoms in total. The Morgan fingerprint density at radius 3 is 2.58 bits per heavy atom. The quantitative estimate of drug-likeness (QED) is 0.826. The van der Waals surface area contributed by atoms with E-state index in [4.69, 9.17) is 0 Å². The molecule has 0 saturated carbocycles. The maximum atomic E-state index is 4.17. The Balaban J connectivity index is 2.10. The highest BCUT2D eigenvalue weighted by Crippen LogP contribution is 2.21. The molecule has 1 aromatic heterocycles. The van der Waals surface area contributed by atoms with Crippen LogP contribution in [-0.2, 0) is 12.8 Å². The molecule has 0 aliphatic heterocycles. The number of thiazole rings is 1. The normalized spacial score (nSPS) is 12.5. The van der Waals surface area contributed by atoms with Crippen molar-refractivity contribution in [3.63, 3.8) is 0 Å². The van der Waals surface area contributed by atoms with Crippen LogP contribution >= 0.6 is 11.3 Å². The van der Waals surface area contributed by atoms with Gasteiger partial charge in [0.05, 0.1) is 5.51 Å². The molecule has 0 fully saturated rings. The van der Waals surface area contributed by atoms with Crippen LogP contribution in [0, 0.1) is 0 Å². The first-order valence-electron chi connectivity index (χ1n) is 7.03. The molecule has 1 aromatic carbocycles. The zero-order valence-electron chi connectivity index (χ0n) is 11.7. The molecule has 1 heterocycles. The van der Waals surface area contributed by atoms with Crippen molar-refractivity contribution < 1.29 is 0 Å². The largest absolute Gasteiger partial charge is 0.310 e. The molecule has 2 aromatic rings. The minimum atomic E-state index is 0.395. The lowest BCUT2D eigenvalue weighted by Crippen LogP contribution is -2.23. The van der Waals surface area contributed by atoms with E-state index in [1.165, 1.54) is 16.0 Å². The number of aryl methyl sites for hydroxylation is 1. The number of hydrogen-bond donors (Lipinski definition) is 1. The molecule has 3 heteroatoms. The van der Waals surface area contributed by atoms with Gasteiger partial charge in [0.2, 0.25) is 0 Å². The molecule has 0 aliphatic carbocycles. The summed E-state index contributed by atoms with van der Waals surface area (Å²) >= 11 is 1.74. The fraction of sp³-hybridized carbons (Fsp3) is 0.438. The molecular formula is C16H22N2S. The SMILES string of the molecule is CCCNC(Cc1cncs1)c1ccc(CC)cc1. The third kappa shape index (κ3) is 4.15. The van der Waals surface area contributed by atoms with E-state index in [0.717, 1.165) is 25.8 Å². The summed E-state index contributed by atoms with van der Waals surface area (Å²) in [5.74, 6) is 0. The molecule has 1 atom stereocenters. The van der Waals surface area contributed by atoms with Crippen molar-refractivity contribution in [2.75, 3.05) is 6.54 Å². The van der Waals surface area contributed by atoms with Gasteiger partial charge < -0.3 is 5.32 Å². The minimum absolute atomic E-state index is 0.395. The average molecular weight is 274 g/mol. The van der Waals surface area contributed by atoms with E-state index in [0.29, 0.717) is 6.04 Å². The van der Waals surface area contributed by atoms with Gasteiger partial charge in [0, 0.05) is 23.5 Å². The number of rotatable bonds is 7. The zero-order valence-corrected chi connectivity index (χ0v) is 12.5. The van der Waals surface area contributed by atoms with Gasteiger partial charge in [-0.1, -0.05) is 38.1 Å². The van der Waals surface area contributed by atoms with E-state index in [1.807, 2.05) is 11.7 Å². The number of nitrogens with zero attached hydrogens (tertiary/aromatic N) is 1. The molecular weight excluding hydrogens is 252 g/mol. The van der Waals surface area contributed by atoms with Crippen molar-refractivity contribution in [1.29, 1.82) is 0 Å². The summed E-state index contributed by atoms with van der Waals surface area (Å²) in [4.78, 5) is 5.51. The predicted octanol–water partition coefficient (Wildman–Crippen LogP) is 3.99. The summed E-state index contributed by atoms with van der Waals surface area (Å²) in [6.45, 7) is 5.45. The molecule has 0 radical (unpaired) electrons. The molecule has 1 unspecified atom stereocenters. The molecule has 0 aliphatic rings. The van der Waals surface area contributed by atoms with Crippen LogP contribution in [0.4, 0.5) is 0 Å². The maximum absolute atomic E-state index is 4.17. The van der Waals surface area contributed by atoms with E-state index >= 15 is 0 Å². The van der Waals surface area contributed by atoms with Gasteiger partial charge in [-0.2, -0.15) is 0 Å². The van der Waals surface area contributed by atoms with Gasteiger partial charge >= 0.3 is 0 Å². The fourth-order valence-corrected chi connectivity index (χ4v) is 2.80. The molecule has 0 bridgehead atoms. The summed E-state index contributed by atoms with van der Waals surface area (Å²) < 4.78 is 0. The van der Waals surface area contributed by atoms with Crippen LogP contribution in [0.5, 0.6) is 0 Å². The van der Waals surface area contributed by atoms with Gasteiger partial charge in [-0.3, -0.25) is 4.98 Å². The zero-order chi connectivity index (χ0) is 13.5. The third-order valence-electron chi connectivity index (χ3n) is 3.32. The van der Waals surface area contributed by atoms with Crippen LogP contribution in [0.1, 0.15) is 42.3 Å². The lowest BCUT2D eigenvalue weighted by Gasteiger charge is -2.18. The predicted molar refractivity (Wildman–Crippen MR) is 82.7 cm³/mol. The van der Waals surface area contributed by atoms with Gasteiger partial charge in [-0.05, 0) is 30.5 Å². The van der Waals surface area contributed by atoms with E-state index in [2.05, 4.69) is 48.4 Å². The standard InChI is InChI=1S/C16H22N2S/c1-3-9-18-16(10-15-11-17-12-19-15)14-7-5-13(4-2)6-8-14/h5-8,11-12,16,18H,3-4,9-10H2,1-2H3. The van der Waals surface area contributed by atoms with Gasteiger partial charge in [0.1, 0.15) is 0 Å². The topological polar surface area (TPSA) is 24.9 Å². The molecule has 2 rings (SSSR count). The van der Waals surface area contributed by atoms with E-state index in [1.54, 1.807) is 11.3 Å². The molecule has 0 spiro atoms. The van der Waals surface area contributed by atoms with Crippen LogP contribution in [0.25, 0.3) is 0 Å². The van der Waals surface area contributed by atoms with E-state index in [-0.39, 0.29) is 0 Å². The first-order chi connectivity index (χ1) is 9.33. The van der Waals surface area contributed by atoms with Gasteiger partial charge in [-0.15, -0.1) is 11.3 Å². The molecule has 0 saturated heterocycles. The molecule has 0 amide bonds. The second-order valence-corrected chi connectivity index (χ2v) is 5.74. The van der Waals surface area contributed by atoms with Crippen molar-refractivity contribution in [3.8, 4) is 0 Å². The second-order valence-electron chi connectivity index (χ2n) is 4.77. The van der Waals surface area contributed by atoms with Crippen molar-refractivity contribution in [1.82, 2.24) is 10.3 Å². The summed E-state index contributed by atoms with van der Waals surface area (Å²) in [7, 11) is 0. The van der Waals surface area contributed by atoms with E-state index < -0.39 is 0 Å². The lowest BCUT2D eigenvalue weighted by molar-refractivity contribution is 0.532. The van der Waals surface area contributed by atoms with Gasteiger partial charge in [-0.25, -0.2) is 0 Å². The number of nitrogens with one attached hydrogen (secondary N) is 1. The Kier molecular flexibility index (Phi) is 5.55. The second kappa shape index (κ2) is 7.41. The van der Waals surface area contributed by atoms with Crippen molar-refractivity contribution >= 4 is 11.3 Å². The smallest absolute Gasteiger partial charge is 0.0794 e. The fourth-order valence-electron chi connectivity index (χ4n) is 2.16. The maximum Gasteiger partial charge on any atom is 0.0794 e. The third-order valence-corrected chi connectivity index (χ3v) is 4.12. The monoisotopic (exact) mass is 274 g/mol. The van der Waals surface area contributed by atoms with Crippen LogP contribution in [0.15, 0.2) is 36.0 Å². The highest BCUT2D eigenvalue weighted by atomic mass is 32.1. The van der Waals surface area contributed by atoms with Gasteiger partial charge in [0.25, 0.3) is 0 Å². The Labute approximate surface area is 119 Å². The first-order valence-corrected chi connectivity index (χ1v) is 7.91. The summed E-state index contributed by atoms with van der Waals surface area (Å²) in [5.41, 5.74) is 4.68. The number of benzene rings is 1. The van der Waals surface area contributed by atoms with Crippen LogP contribution in [-0.4, -0.2) is 11.5 Å². The average Bonchev–Trinajstić information content (AvgIpc) is 2.96. The van der Waals surface area contributed by atoms with Crippen LogP contribution in [0.2, 0.25) is 0 Å². The Morgan fingerprint density at radius 1 is 1.21 bits per heavy atom. The van der Waals surface area contributed by atoms with Gasteiger partial charge in [0.15, 0.2) is 0 Å². The number of aromatic nitrogens is 1. The van der Waals surface area contributed by atoms with Crippen LogP contribution in [0.3, 0.4) is 0 Å². The van der Waals surface area contributed by atoms with Crippen LogP contribution < -0.4 is 5.32 Å². The number of hydrogen-bond acceptors (Lipinski definition) is 3. The minimum Gasteiger partial charge on any atom is -0.310 e. The highest BCUT2D eigenvalue weighted by Gasteiger charge is 2.12. The van der Waals surface area contributed by atoms with E-state index in [9.17, 15) is 0 Å². The Bertz CT molecular complexity index is 462. The Morgan fingerprint density at radius 2 is 2.00 bits per heavy atom. The molecule has 102 valence electrons. The Hall–Kier alpha value is -1.19. The summed E-state index contributed by atoms with van der Waals surface area (Å²) in [5, 5.41) is 3.64. The molecule has 1 N–H and O–H groups in total. The lowest BCUT2D eigenvalue weighted by atomic mass is 10.0. The van der Waals surface area contributed by atoms with Crippen molar-refractivity contribution in [2.45, 2.75) is 39.2 Å².